The Morgan fingerprint density at radius 1 is 1.00 bits per heavy atom. The van der Waals surface area contributed by atoms with Gasteiger partial charge in [-0.3, -0.25) is 0 Å². The number of halogens is 1. The molecule has 0 N–H and O–H groups in total. The van der Waals surface area contributed by atoms with Crippen LogP contribution in [0.3, 0.4) is 0 Å². The minimum Gasteiger partial charge on any atom is -0.490 e. The van der Waals surface area contributed by atoms with E-state index in [0.29, 0.717) is 0 Å². The topological polar surface area (TPSA) is 18.5 Å². The molecule has 1 saturated carbocycles. The van der Waals surface area contributed by atoms with Crippen molar-refractivity contribution in [1.29, 1.82) is 0 Å². The molecule has 1 heterocycles. The molecule has 1 aliphatic heterocycles. The van der Waals surface area contributed by atoms with Gasteiger partial charge in [0.2, 0.25) is 0 Å². The van der Waals surface area contributed by atoms with E-state index in [0.717, 1.165) is 49.0 Å². The molecule has 1 unspecified atom stereocenters. The Morgan fingerprint density at radius 2 is 1.76 bits per heavy atom. The van der Waals surface area contributed by atoms with Crippen molar-refractivity contribution in [3.05, 3.63) is 23.8 Å². The summed E-state index contributed by atoms with van der Waals surface area (Å²) in [7, 11) is 0. The van der Waals surface area contributed by atoms with E-state index >= 15 is 0 Å². The summed E-state index contributed by atoms with van der Waals surface area (Å²) in [6, 6.07) is 6.16. The molecule has 2 nitrogen and oxygen atoms in total. The zero-order valence-corrected chi connectivity index (χ0v) is 13.4. The van der Waals surface area contributed by atoms with E-state index < -0.39 is 0 Å². The summed E-state index contributed by atoms with van der Waals surface area (Å²) in [4.78, 5) is 0. The van der Waals surface area contributed by atoms with E-state index in [-0.39, 0.29) is 5.38 Å². The summed E-state index contributed by atoms with van der Waals surface area (Å²) < 4.78 is 11.4. The Hall–Kier alpha value is -0.890. The lowest BCUT2D eigenvalue weighted by atomic mass is 9.85. The number of hydrogen-bond acceptors (Lipinski definition) is 2. The minimum absolute atomic E-state index is 0.0871. The molecule has 3 heteroatoms. The van der Waals surface area contributed by atoms with Crippen LogP contribution in [0.4, 0.5) is 0 Å². The molecule has 1 atom stereocenters. The monoisotopic (exact) mass is 308 g/mol. The first-order chi connectivity index (χ1) is 10.3. The third-order valence-corrected chi connectivity index (χ3v) is 5.16. The fourth-order valence-corrected chi connectivity index (χ4v) is 3.66. The number of rotatable bonds is 4. The minimum atomic E-state index is 0.0871. The number of hydrogen-bond donors (Lipinski definition) is 0. The van der Waals surface area contributed by atoms with Crippen molar-refractivity contribution in [3.63, 3.8) is 0 Å². The average Bonchev–Trinajstić information content (AvgIpc) is 2.78. The zero-order valence-electron chi connectivity index (χ0n) is 12.7. The number of benzene rings is 1. The largest absolute Gasteiger partial charge is 0.490 e. The number of ether oxygens (including phenoxy) is 2. The van der Waals surface area contributed by atoms with Crippen LogP contribution in [0.1, 0.15) is 62.3 Å². The van der Waals surface area contributed by atoms with Crippen LogP contribution in [-0.4, -0.2) is 13.2 Å². The average molecular weight is 309 g/mol. The Morgan fingerprint density at radius 3 is 2.57 bits per heavy atom. The van der Waals surface area contributed by atoms with Gasteiger partial charge in [-0.05, 0) is 36.5 Å². The van der Waals surface area contributed by atoms with Gasteiger partial charge in [0.15, 0.2) is 11.5 Å². The molecule has 21 heavy (non-hydrogen) atoms. The summed E-state index contributed by atoms with van der Waals surface area (Å²) in [5.41, 5.74) is 1.16. The van der Waals surface area contributed by atoms with Crippen LogP contribution in [0.2, 0.25) is 0 Å². The van der Waals surface area contributed by atoms with Crippen LogP contribution in [0.5, 0.6) is 11.5 Å². The van der Waals surface area contributed by atoms with E-state index in [2.05, 4.69) is 12.1 Å². The summed E-state index contributed by atoms with van der Waals surface area (Å²) in [5, 5.41) is 0.0871. The smallest absolute Gasteiger partial charge is 0.161 e. The van der Waals surface area contributed by atoms with Crippen molar-refractivity contribution < 1.29 is 9.47 Å². The van der Waals surface area contributed by atoms with Gasteiger partial charge in [0.1, 0.15) is 0 Å². The standard InChI is InChI=1S/C18H25ClO2/c19-16(9-7-14-5-2-1-3-6-14)15-8-10-17-18(13-15)21-12-4-11-20-17/h8,10,13-14,16H,1-7,9,11-12H2. The molecule has 116 valence electrons. The summed E-state index contributed by atoms with van der Waals surface area (Å²) in [6.07, 6.45) is 10.3. The maximum Gasteiger partial charge on any atom is 0.161 e. The van der Waals surface area contributed by atoms with Crippen molar-refractivity contribution >= 4 is 11.6 Å². The van der Waals surface area contributed by atoms with Crippen LogP contribution in [0.25, 0.3) is 0 Å². The van der Waals surface area contributed by atoms with E-state index in [1.54, 1.807) is 0 Å². The second-order valence-corrected chi connectivity index (χ2v) is 6.83. The third kappa shape index (κ3) is 4.06. The Balaban J connectivity index is 1.58. The summed E-state index contributed by atoms with van der Waals surface area (Å²) in [5.74, 6) is 2.60. The molecule has 3 rings (SSSR count). The highest BCUT2D eigenvalue weighted by Crippen LogP contribution is 2.37. The van der Waals surface area contributed by atoms with E-state index in [9.17, 15) is 0 Å². The highest BCUT2D eigenvalue weighted by molar-refractivity contribution is 6.20. The molecule has 1 aromatic carbocycles. The molecular formula is C18H25ClO2. The summed E-state index contributed by atoms with van der Waals surface area (Å²) >= 11 is 6.61. The maximum atomic E-state index is 6.61. The Labute approximate surface area is 132 Å². The normalized spacial score (nSPS) is 20.8. The summed E-state index contributed by atoms with van der Waals surface area (Å²) in [6.45, 7) is 1.46. The predicted octanol–water partition coefficient (Wildman–Crippen LogP) is 5.49. The molecule has 2 aliphatic rings. The molecule has 0 aromatic heterocycles. The van der Waals surface area contributed by atoms with Gasteiger partial charge in [-0.15, -0.1) is 11.6 Å². The zero-order chi connectivity index (χ0) is 14.5. The lowest BCUT2D eigenvalue weighted by Crippen LogP contribution is -2.07. The molecule has 1 aromatic rings. The first-order valence-electron chi connectivity index (χ1n) is 8.36. The van der Waals surface area contributed by atoms with Gasteiger partial charge in [-0.1, -0.05) is 38.2 Å². The molecule has 0 spiro atoms. The van der Waals surface area contributed by atoms with Crippen molar-refractivity contribution in [2.75, 3.05) is 13.2 Å². The van der Waals surface area contributed by atoms with Gasteiger partial charge in [0, 0.05) is 6.42 Å². The molecule has 0 amide bonds. The first kappa shape index (κ1) is 15.0. The lowest BCUT2D eigenvalue weighted by molar-refractivity contribution is 0.297. The van der Waals surface area contributed by atoms with Gasteiger partial charge in [0.25, 0.3) is 0 Å². The second-order valence-electron chi connectivity index (χ2n) is 6.31. The molecule has 0 bridgehead atoms. The van der Waals surface area contributed by atoms with Crippen molar-refractivity contribution in [2.24, 2.45) is 5.92 Å². The lowest BCUT2D eigenvalue weighted by Gasteiger charge is -2.22. The second kappa shape index (κ2) is 7.40. The highest BCUT2D eigenvalue weighted by atomic mass is 35.5. The SMILES string of the molecule is ClC(CCC1CCCCC1)c1ccc2c(c1)OCCCO2. The molecule has 0 radical (unpaired) electrons. The van der Waals surface area contributed by atoms with Crippen LogP contribution in [-0.2, 0) is 0 Å². The predicted molar refractivity (Wildman–Crippen MR) is 86.5 cm³/mol. The highest BCUT2D eigenvalue weighted by Gasteiger charge is 2.18. The van der Waals surface area contributed by atoms with Gasteiger partial charge in [-0.25, -0.2) is 0 Å². The van der Waals surface area contributed by atoms with Gasteiger partial charge in [0.05, 0.1) is 18.6 Å². The van der Waals surface area contributed by atoms with Crippen LogP contribution in [0.15, 0.2) is 18.2 Å². The van der Waals surface area contributed by atoms with E-state index in [1.165, 1.54) is 38.5 Å². The van der Waals surface area contributed by atoms with Crippen molar-refractivity contribution in [3.8, 4) is 11.5 Å². The fraction of sp³-hybridized carbons (Fsp3) is 0.667. The van der Waals surface area contributed by atoms with Crippen LogP contribution in [0, 0.1) is 5.92 Å². The fourth-order valence-electron chi connectivity index (χ4n) is 3.40. The quantitative estimate of drug-likeness (QED) is 0.685. The van der Waals surface area contributed by atoms with E-state index in [4.69, 9.17) is 21.1 Å². The van der Waals surface area contributed by atoms with Crippen molar-refractivity contribution in [2.45, 2.75) is 56.7 Å². The van der Waals surface area contributed by atoms with Gasteiger partial charge >= 0.3 is 0 Å². The Kier molecular flexibility index (Phi) is 5.29. The molecule has 1 aliphatic carbocycles. The first-order valence-corrected chi connectivity index (χ1v) is 8.80. The van der Waals surface area contributed by atoms with Crippen LogP contribution >= 0.6 is 11.6 Å². The van der Waals surface area contributed by atoms with Gasteiger partial charge < -0.3 is 9.47 Å². The van der Waals surface area contributed by atoms with Gasteiger partial charge in [-0.2, -0.15) is 0 Å². The maximum absolute atomic E-state index is 6.61. The number of alkyl halides is 1. The number of fused-ring (bicyclic) bond motifs is 1. The molecule has 0 saturated heterocycles. The van der Waals surface area contributed by atoms with Crippen LogP contribution < -0.4 is 9.47 Å². The Bertz CT molecular complexity index is 455. The third-order valence-electron chi connectivity index (χ3n) is 4.69. The molecular weight excluding hydrogens is 284 g/mol. The molecule has 1 fully saturated rings. The van der Waals surface area contributed by atoms with E-state index in [1.807, 2.05) is 6.07 Å². The van der Waals surface area contributed by atoms with Crippen molar-refractivity contribution in [1.82, 2.24) is 0 Å².